The molecule has 0 spiro atoms. The van der Waals surface area contributed by atoms with Gasteiger partial charge in [0.2, 0.25) is 0 Å². The number of halogens is 2. The van der Waals surface area contributed by atoms with Gasteiger partial charge in [0.1, 0.15) is 11.5 Å². The molecular formula is C16H12Cl2N4O2. The highest BCUT2D eigenvalue weighted by Gasteiger charge is 2.10. The Morgan fingerprint density at radius 1 is 1.08 bits per heavy atom. The molecule has 0 bridgehead atoms. The summed E-state index contributed by atoms with van der Waals surface area (Å²) in [6.07, 6.45) is 1.52. The van der Waals surface area contributed by atoms with Crippen molar-refractivity contribution in [3.05, 3.63) is 64.1 Å². The molecule has 0 saturated heterocycles. The zero-order chi connectivity index (χ0) is 17.1. The number of carbonyl (C=O) groups excluding carboxylic acids is 1. The van der Waals surface area contributed by atoms with E-state index in [4.69, 9.17) is 27.7 Å². The van der Waals surface area contributed by atoms with Crippen molar-refractivity contribution >= 4 is 46.3 Å². The van der Waals surface area contributed by atoms with Gasteiger partial charge in [0.05, 0.1) is 0 Å². The summed E-state index contributed by atoms with van der Waals surface area (Å²) in [5.41, 5.74) is 1.38. The summed E-state index contributed by atoms with van der Waals surface area (Å²) < 4.78 is 4.98. The number of amides is 1. The number of anilines is 3. The van der Waals surface area contributed by atoms with Crippen LogP contribution in [0.4, 0.5) is 17.2 Å². The molecule has 0 fully saturated rings. The molecule has 1 aromatic carbocycles. The largest absolute Gasteiger partial charge is 0.360 e. The third-order valence-corrected chi connectivity index (χ3v) is 3.45. The van der Waals surface area contributed by atoms with Gasteiger partial charge in [0, 0.05) is 33.7 Å². The lowest BCUT2D eigenvalue weighted by atomic mass is 10.2. The molecule has 0 aliphatic rings. The zero-order valence-corrected chi connectivity index (χ0v) is 14.0. The Bertz CT molecular complexity index is 875. The third kappa shape index (κ3) is 4.04. The maximum atomic E-state index is 12.3. The molecule has 0 radical (unpaired) electrons. The van der Waals surface area contributed by atoms with Crippen molar-refractivity contribution in [3.8, 4) is 0 Å². The quantitative estimate of drug-likeness (QED) is 0.704. The third-order valence-electron chi connectivity index (χ3n) is 3.01. The highest BCUT2D eigenvalue weighted by atomic mass is 35.5. The van der Waals surface area contributed by atoms with Gasteiger partial charge in [-0.25, -0.2) is 0 Å². The molecule has 8 heteroatoms. The maximum Gasteiger partial charge on any atom is 0.274 e. The maximum absolute atomic E-state index is 12.3. The predicted octanol–water partition coefficient (Wildman–Crippen LogP) is 4.68. The van der Waals surface area contributed by atoms with E-state index in [1.54, 1.807) is 43.3 Å². The Morgan fingerprint density at radius 3 is 2.50 bits per heavy atom. The summed E-state index contributed by atoms with van der Waals surface area (Å²) in [6.45, 7) is 1.79. The van der Waals surface area contributed by atoms with Gasteiger partial charge in [0.15, 0.2) is 5.82 Å². The minimum atomic E-state index is -0.381. The molecular weight excluding hydrogens is 351 g/mol. The number of hydrogen-bond acceptors (Lipinski definition) is 5. The van der Waals surface area contributed by atoms with E-state index in [1.807, 2.05) is 0 Å². The number of rotatable bonds is 4. The lowest BCUT2D eigenvalue weighted by Gasteiger charge is -2.07. The number of hydrogen-bond donors (Lipinski definition) is 2. The number of nitrogens with zero attached hydrogens (tertiary/aromatic N) is 2. The minimum Gasteiger partial charge on any atom is -0.360 e. The smallest absolute Gasteiger partial charge is 0.274 e. The van der Waals surface area contributed by atoms with Crippen LogP contribution in [0.5, 0.6) is 0 Å². The molecule has 3 rings (SSSR count). The van der Waals surface area contributed by atoms with E-state index in [1.165, 1.54) is 6.20 Å². The molecule has 3 aromatic rings. The first-order valence-corrected chi connectivity index (χ1v) is 7.69. The fourth-order valence-corrected chi connectivity index (χ4v) is 2.55. The number of nitrogens with one attached hydrogen (secondary N) is 2. The Morgan fingerprint density at radius 2 is 1.83 bits per heavy atom. The summed E-state index contributed by atoms with van der Waals surface area (Å²) in [6, 6.07) is 9.86. The molecule has 6 nitrogen and oxygen atoms in total. The SMILES string of the molecule is Cc1cc(Nc2ccnc(C(=O)Nc3cc(Cl)cc(Cl)c3)c2)no1. The molecule has 0 unspecified atom stereocenters. The molecule has 122 valence electrons. The van der Waals surface area contributed by atoms with Crippen molar-refractivity contribution in [2.24, 2.45) is 0 Å². The monoisotopic (exact) mass is 362 g/mol. The van der Waals surface area contributed by atoms with Crippen LogP contribution in [-0.2, 0) is 0 Å². The van der Waals surface area contributed by atoms with Gasteiger partial charge in [-0.15, -0.1) is 0 Å². The van der Waals surface area contributed by atoms with Crippen molar-refractivity contribution in [1.29, 1.82) is 0 Å². The highest BCUT2D eigenvalue weighted by molar-refractivity contribution is 6.35. The van der Waals surface area contributed by atoms with Crippen molar-refractivity contribution in [3.63, 3.8) is 0 Å². The lowest BCUT2D eigenvalue weighted by Crippen LogP contribution is -2.13. The van der Waals surface area contributed by atoms with E-state index in [2.05, 4.69) is 20.8 Å². The standard InChI is InChI=1S/C16H12Cl2N4O2/c1-9-4-15(22-24-9)20-12-2-3-19-14(8-12)16(23)21-13-6-10(17)5-11(18)7-13/h2-8H,1H3,(H,21,23)(H,19,20,22). The average Bonchev–Trinajstić information content (AvgIpc) is 2.91. The van der Waals surface area contributed by atoms with Crippen molar-refractivity contribution in [2.75, 3.05) is 10.6 Å². The fourth-order valence-electron chi connectivity index (χ4n) is 2.03. The van der Waals surface area contributed by atoms with Gasteiger partial charge in [-0.1, -0.05) is 28.4 Å². The number of carbonyl (C=O) groups is 1. The summed E-state index contributed by atoms with van der Waals surface area (Å²) in [5, 5.41) is 10.4. The molecule has 0 aliphatic heterocycles. The van der Waals surface area contributed by atoms with Gasteiger partial charge in [-0.2, -0.15) is 0 Å². The van der Waals surface area contributed by atoms with E-state index in [0.29, 0.717) is 33.0 Å². The van der Waals surface area contributed by atoms with Gasteiger partial charge >= 0.3 is 0 Å². The van der Waals surface area contributed by atoms with E-state index in [9.17, 15) is 4.79 Å². The molecule has 0 atom stereocenters. The summed E-state index contributed by atoms with van der Waals surface area (Å²) in [4.78, 5) is 16.4. The molecule has 24 heavy (non-hydrogen) atoms. The van der Waals surface area contributed by atoms with Crippen molar-refractivity contribution in [2.45, 2.75) is 6.92 Å². The van der Waals surface area contributed by atoms with Crippen LogP contribution >= 0.6 is 23.2 Å². The number of aryl methyl sites for hydroxylation is 1. The summed E-state index contributed by atoms with van der Waals surface area (Å²) in [7, 11) is 0. The van der Waals surface area contributed by atoms with Gasteiger partial charge in [-0.3, -0.25) is 9.78 Å². The van der Waals surface area contributed by atoms with Gasteiger partial charge in [0.25, 0.3) is 5.91 Å². The van der Waals surface area contributed by atoms with Crippen LogP contribution in [-0.4, -0.2) is 16.0 Å². The first kappa shape index (κ1) is 16.3. The summed E-state index contributed by atoms with van der Waals surface area (Å²) in [5.74, 6) is 0.849. The van der Waals surface area contributed by atoms with E-state index in [-0.39, 0.29) is 11.6 Å². The Hall–Kier alpha value is -2.57. The fraction of sp³-hybridized carbons (Fsp3) is 0.0625. The lowest BCUT2D eigenvalue weighted by molar-refractivity contribution is 0.102. The summed E-state index contributed by atoms with van der Waals surface area (Å²) >= 11 is 11.8. The van der Waals surface area contributed by atoms with Crippen LogP contribution in [0.1, 0.15) is 16.2 Å². The minimum absolute atomic E-state index is 0.233. The van der Waals surface area contributed by atoms with Gasteiger partial charge in [-0.05, 0) is 37.3 Å². The topological polar surface area (TPSA) is 80.0 Å². The molecule has 0 saturated carbocycles. The Balaban J connectivity index is 1.76. The second-order valence-electron chi connectivity index (χ2n) is 4.99. The van der Waals surface area contributed by atoms with E-state index in [0.717, 1.165) is 0 Å². The number of aromatic nitrogens is 2. The highest BCUT2D eigenvalue weighted by Crippen LogP contribution is 2.23. The number of pyridine rings is 1. The first-order valence-electron chi connectivity index (χ1n) is 6.93. The van der Waals surface area contributed by atoms with Crippen LogP contribution in [0.25, 0.3) is 0 Å². The predicted molar refractivity (Wildman–Crippen MR) is 93.2 cm³/mol. The Labute approximate surface area is 147 Å². The molecule has 2 heterocycles. The first-order chi connectivity index (χ1) is 11.5. The molecule has 1 amide bonds. The van der Waals surface area contributed by atoms with Crippen LogP contribution < -0.4 is 10.6 Å². The van der Waals surface area contributed by atoms with E-state index >= 15 is 0 Å². The number of benzene rings is 1. The molecule has 2 N–H and O–H groups in total. The normalized spacial score (nSPS) is 10.5. The second kappa shape index (κ2) is 6.90. The van der Waals surface area contributed by atoms with E-state index < -0.39 is 0 Å². The van der Waals surface area contributed by atoms with Crippen LogP contribution in [0, 0.1) is 6.92 Å². The Kier molecular flexibility index (Phi) is 4.69. The average molecular weight is 363 g/mol. The van der Waals surface area contributed by atoms with Crippen LogP contribution in [0.3, 0.4) is 0 Å². The van der Waals surface area contributed by atoms with Crippen molar-refractivity contribution < 1.29 is 9.32 Å². The zero-order valence-electron chi connectivity index (χ0n) is 12.5. The molecule has 2 aromatic heterocycles. The van der Waals surface area contributed by atoms with Crippen LogP contribution in [0.2, 0.25) is 10.0 Å². The second-order valence-corrected chi connectivity index (χ2v) is 5.86. The van der Waals surface area contributed by atoms with Gasteiger partial charge < -0.3 is 15.2 Å². The van der Waals surface area contributed by atoms with Crippen molar-refractivity contribution in [1.82, 2.24) is 10.1 Å². The van der Waals surface area contributed by atoms with Crippen LogP contribution in [0.15, 0.2) is 47.1 Å². The molecule has 0 aliphatic carbocycles.